The van der Waals surface area contributed by atoms with Gasteiger partial charge >= 0.3 is 0 Å². The van der Waals surface area contributed by atoms with E-state index in [1.165, 1.54) is 0 Å². The van der Waals surface area contributed by atoms with Crippen molar-refractivity contribution in [3.63, 3.8) is 0 Å². The van der Waals surface area contributed by atoms with Crippen LogP contribution in [0.1, 0.15) is 12.8 Å². The summed E-state index contributed by atoms with van der Waals surface area (Å²) in [4.78, 5) is 0.304. The average molecular weight is 365 g/mol. The molecule has 1 aliphatic heterocycles. The van der Waals surface area contributed by atoms with Crippen molar-refractivity contribution in [1.29, 1.82) is 0 Å². The molecule has 0 spiro atoms. The van der Waals surface area contributed by atoms with E-state index in [0.717, 1.165) is 12.8 Å². The molecule has 0 radical (unpaired) electrons. The summed E-state index contributed by atoms with van der Waals surface area (Å²) in [5.74, 6) is 1.07. The monoisotopic (exact) mass is 364 g/mol. The maximum absolute atomic E-state index is 12.6. The van der Waals surface area contributed by atoms with E-state index in [0.29, 0.717) is 49.4 Å². The lowest BCUT2D eigenvalue weighted by atomic mass is 9.99. The van der Waals surface area contributed by atoms with Crippen LogP contribution in [0.3, 0.4) is 0 Å². The highest BCUT2D eigenvalue weighted by Crippen LogP contribution is 2.24. The molecule has 0 bridgehead atoms. The first-order chi connectivity index (χ1) is 10.6. The van der Waals surface area contributed by atoms with Crippen molar-refractivity contribution < 1.29 is 17.9 Å². The van der Waals surface area contributed by atoms with E-state index in [9.17, 15) is 8.42 Å². The third-order valence-corrected chi connectivity index (χ3v) is 5.84. The fourth-order valence-corrected chi connectivity index (χ4v) is 3.95. The number of ether oxygens (including phenoxy) is 2. The Morgan fingerprint density at radius 2 is 1.78 bits per heavy atom. The van der Waals surface area contributed by atoms with Gasteiger partial charge in [-0.2, -0.15) is 4.31 Å². The number of rotatable bonds is 7. The molecular weight excluding hydrogens is 340 g/mol. The first kappa shape index (κ1) is 20.2. The minimum absolute atomic E-state index is 0. The smallest absolute Gasteiger partial charge is 0.243 e. The first-order valence-electron chi connectivity index (χ1n) is 7.50. The molecule has 0 aliphatic carbocycles. The molecule has 0 atom stereocenters. The molecule has 2 N–H and O–H groups in total. The molecule has 0 aromatic heterocycles. The van der Waals surface area contributed by atoms with Crippen molar-refractivity contribution in [1.82, 2.24) is 4.31 Å². The summed E-state index contributed by atoms with van der Waals surface area (Å²) < 4.78 is 37.1. The van der Waals surface area contributed by atoms with Crippen molar-refractivity contribution in [2.45, 2.75) is 17.7 Å². The SMILES string of the molecule is COCCOc1ccc(S(=O)(=O)N2CCC(CN)CC2)cc1.Cl. The topological polar surface area (TPSA) is 81.9 Å². The van der Waals surface area contributed by atoms with E-state index in [2.05, 4.69) is 0 Å². The molecule has 0 unspecified atom stereocenters. The van der Waals surface area contributed by atoms with Crippen LogP contribution in [0.2, 0.25) is 0 Å². The molecule has 1 aromatic rings. The number of hydrogen-bond acceptors (Lipinski definition) is 5. The summed E-state index contributed by atoms with van der Waals surface area (Å²) in [5, 5.41) is 0. The van der Waals surface area contributed by atoms with Crippen molar-refractivity contribution in [3.05, 3.63) is 24.3 Å². The fourth-order valence-electron chi connectivity index (χ4n) is 2.49. The summed E-state index contributed by atoms with van der Waals surface area (Å²) in [6.45, 7) is 2.64. The van der Waals surface area contributed by atoms with E-state index in [4.69, 9.17) is 15.2 Å². The van der Waals surface area contributed by atoms with Crippen LogP contribution in [0, 0.1) is 5.92 Å². The molecule has 1 aliphatic rings. The number of nitrogens with zero attached hydrogens (tertiary/aromatic N) is 1. The molecule has 23 heavy (non-hydrogen) atoms. The van der Waals surface area contributed by atoms with Crippen LogP contribution < -0.4 is 10.5 Å². The largest absolute Gasteiger partial charge is 0.491 e. The molecular formula is C15H25ClN2O4S. The lowest BCUT2D eigenvalue weighted by molar-refractivity contribution is 0.146. The number of sulfonamides is 1. The van der Waals surface area contributed by atoms with Gasteiger partial charge in [0.25, 0.3) is 0 Å². The summed E-state index contributed by atoms with van der Waals surface area (Å²) in [6.07, 6.45) is 1.65. The van der Waals surface area contributed by atoms with Gasteiger partial charge in [-0.1, -0.05) is 0 Å². The van der Waals surface area contributed by atoms with E-state index >= 15 is 0 Å². The molecule has 132 valence electrons. The highest BCUT2D eigenvalue weighted by molar-refractivity contribution is 7.89. The normalized spacial score (nSPS) is 16.8. The Hall–Kier alpha value is -0.860. The standard InChI is InChI=1S/C15H24N2O4S.ClH/c1-20-10-11-21-14-2-4-15(5-3-14)22(18,19)17-8-6-13(12-16)7-9-17;/h2-5,13H,6-12,16H2,1H3;1H. The third kappa shape index (κ3) is 5.32. The van der Waals surface area contributed by atoms with Gasteiger partial charge in [0, 0.05) is 20.2 Å². The van der Waals surface area contributed by atoms with Crippen molar-refractivity contribution in [3.8, 4) is 5.75 Å². The van der Waals surface area contributed by atoms with Gasteiger partial charge < -0.3 is 15.2 Å². The zero-order valence-electron chi connectivity index (χ0n) is 13.3. The maximum Gasteiger partial charge on any atom is 0.243 e. The molecule has 0 amide bonds. The minimum Gasteiger partial charge on any atom is -0.491 e. The summed E-state index contributed by atoms with van der Waals surface area (Å²) >= 11 is 0. The number of piperidine rings is 1. The van der Waals surface area contributed by atoms with E-state index in [-0.39, 0.29) is 12.4 Å². The van der Waals surface area contributed by atoms with Crippen LogP contribution in [-0.2, 0) is 14.8 Å². The maximum atomic E-state index is 12.6. The van der Waals surface area contributed by atoms with E-state index in [1.807, 2.05) is 0 Å². The zero-order chi connectivity index (χ0) is 16.0. The zero-order valence-corrected chi connectivity index (χ0v) is 14.9. The van der Waals surface area contributed by atoms with Crippen molar-refractivity contribution in [2.75, 3.05) is 40.0 Å². The van der Waals surface area contributed by atoms with Gasteiger partial charge in [0.1, 0.15) is 12.4 Å². The number of halogens is 1. The van der Waals surface area contributed by atoms with Gasteiger partial charge in [0.2, 0.25) is 10.0 Å². The second kappa shape index (κ2) is 9.44. The predicted molar refractivity (Wildman–Crippen MR) is 91.6 cm³/mol. The number of methoxy groups -OCH3 is 1. The fraction of sp³-hybridized carbons (Fsp3) is 0.600. The molecule has 2 rings (SSSR count). The van der Waals surface area contributed by atoms with Crippen LogP contribution in [0.4, 0.5) is 0 Å². The summed E-state index contributed by atoms with van der Waals surface area (Å²) in [5.41, 5.74) is 5.64. The molecule has 1 heterocycles. The third-order valence-electron chi connectivity index (χ3n) is 3.92. The van der Waals surface area contributed by atoms with Crippen molar-refractivity contribution >= 4 is 22.4 Å². The van der Waals surface area contributed by atoms with Gasteiger partial charge in [-0.05, 0) is 49.6 Å². The van der Waals surface area contributed by atoms with Gasteiger partial charge in [-0.25, -0.2) is 8.42 Å². The van der Waals surface area contributed by atoms with E-state index in [1.54, 1.807) is 35.7 Å². The van der Waals surface area contributed by atoms with Crippen molar-refractivity contribution in [2.24, 2.45) is 11.7 Å². The quantitative estimate of drug-likeness (QED) is 0.741. The Morgan fingerprint density at radius 3 is 2.30 bits per heavy atom. The Labute approximate surface area is 144 Å². The van der Waals surface area contributed by atoms with E-state index < -0.39 is 10.0 Å². The van der Waals surface area contributed by atoms with Gasteiger partial charge in [-0.3, -0.25) is 0 Å². The Morgan fingerprint density at radius 1 is 1.17 bits per heavy atom. The Kier molecular flexibility index (Phi) is 8.28. The van der Waals surface area contributed by atoms with Gasteiger partial charge in [-0.15, -0.1) is 12.4 Å². The number of nitrogens with two attached hydrogens (primary N) is 1. The number of benzene rings is 1. The second-order valence-corrected chi connectivity index (χ2v) is 7.33. The van der Waals surface area contributed by atoms with Crippen LogP contribution in [-0.4, -0.2) is 52.7 Å². The number of hydrogen-bond donors (Lipinski definition) is 1. The Balaban J connectivity index is 0.00000264. The molecule has 1 aromatic carbocycles. The van der Waals surface area contributed by atoms with Gasteiger partial charge in [0.05, 0.1) is 11.5 Å². The van der Waals surface area contributed by atoms with Crippen LogP contribution in [0.15, 0.2) is 29.2 Å². The molecule has 0 saturated carbocycles. The summed E-state index contributed by atoms with van der Waals surface area (Å²) in [6, 6.07) is 6.53. The van der Waals surface area contributed by atoms with Crippen LogP contribution in [0.25, 0.3) is 0 Å². The lowest BCUT2D eigenvalue weighted by Gasteiger charge is -2.30. The lowest BCUT2D eigenvalue weighted by Crippen LogP contribution is -2.39. The molecule has 1 saturated heterocycles. The molecule has 1 fully saturated rings. The first-order valence-corrected chi connectivity index (χ1v) is 8.94. The average Bonchev–Trinajstić information content (AvgIpc) is 2.55. The van der Waals surface area contributed by atoms with Crippen LogP contribution >= 0.6 is 12.4 Å². The predicted octanol–water partition coefficient (Wildman–Crippen LogP) is 1.49. The minimum atomic E-state index is -3.42. The highest BCUT2D eigenvalue weighted by Gasteiger charge is 2.28. The molecule has 6 nitrogen and oxygen atoms in total. The Bertz CT molecular complexity index is 557. The van der Waals surface area contributed by atoms with Gasteiger partial charge in [0.15, 0.2) is 0 Å². The highest BCUT2D eigenvalue weighted by atomic mass is 35.5. The second-order valence-electron chi connectivity index (χ2n) is 5.40. The summed E-state index contributed by atoms with van der Waals surface area (Å²) in [7, 11) is -1.82. The van der Waals surface area contributed by atoms with Crippen LogP contribution in [0.5, 0.6) is 5.75 Å². The molecule has 8 heteroatoms.